The Kier molecular flexibility index (Phi) is 3.52. The van der Waals surface area contributed by atoms with Crippen LogP contribution < -0.4 is 0 Å². The van der Waals surface area contributed by atoms with Crippen LogP contribution in [-0.4, -0.2) is 9.71 Å². The Labute approximate surface area is 143 Å². The van der Waals surface area contributed by atoms with Gasteiger partial charge in [0.1, 0.15) is 5.78 Å². The number of rotatable bonds is 0. The molecule has 0 N–H and O–H groups in total. The summed E-state index contributed by atoms with van der Waals surface area (Å²) in [6.07, 6.45) is 12.3. The molecule has 0 aliphatic heterocycles. The van der Waals surface area contributed by atoms with Gasteiger partial charge >= 0.3 is 0 Å². The molecule has 0 aromatic carbocycles. The second kappa shape index (κ2) is 4.95. The lowest BCUT2D eigenvalue weighted by atomic mass is 9.45. The first kappa shape index (κ1) is 15.0. The lowest BCUT2D eigenvalue weighted by molar-refractivity contribution is -0.117. The molecule has 4 fully saturated rings. The minimum atomic E-state index is 0.290. The molecule has 0 amide bonds. The zero-order valence-corrected chi connectivity index (χ0v) is 15.7. The minimum Gasteiger partial charge on any atom is -0.298 e. The van der Waals surface area contributed by atoms with Crippen molar-refractivity contribution in [3.63, 3.8) is 0 Å². The number of ketones is 1. The molecular weight excluding hydrogens is 371 g/mol. The number of hydrogen-bond acceptors (Lipinski definition) is 1. The van der Waals surface area contributed by atoms with Gasteiger partial charge in [-0.25, -0.2) is 0 Å². The molecule has 4 saturated carbocycles. The van der Waals surface area contributed by atoms with Crippen molar-refractivity contribution in [2.45, 2.75) is 75.6 Å². The average Bonchev–Trinajstić information content (AvgIpc) is 2.70. The Balaban J connectivity index is 1.67. The van der Waals surface area contributed by atoms with Crippen LogP contribution in [0.15, 0.2) is 0 Å². The molecule has 7 atom stereocenters. The molecule has 0 aromatic rings. The maximum atomic E-state index is 12.4. The van der Waals surface area contributed by atoms with Gasteiger partial charge in [0, 0.05) is 6.42 Å². The average molecular weight is 400 g/mol. The van der Waals surface area contributed by atoms with Crippen LogP contribution in [-0.2, 0) is 4.79 Å². The van der Waals surface area contributed by atoms with E-state index in [0.29, 0.717) is 22.5 Å². The van der Waals surface area contributed by atoms with E-state index in [4.69, 9.17) is 0 Å². The topological polar surface area (TPSA) is 17.1 Å². The highest BCUT2D eigenvalue weighted by atomic mass is 127. The summed E-state index contributed by atoms with van der Waals surface area (Å²) in [5.74, 6) is 4.02. The molecule has 2 heteroatoms. The number of fused-ring (bicyclic) bond motifs is 5. The molecule has 0 aromatic heterocycles. The Morgan fingerprint density at radius 1 is 0.952 bits per heavy atom. The quantitative estimate of drug-likeness (QED) is 0.393. The summed E-state index contributed by atoms with van der Waals surface area (Å²) in [6.45, 7) is 5.06. The first-order valence-corrected chi connectivity index (χ1v) is 10.4. The Hall–Kier alpha value is 0.400. The van der Waals surface area contributed by atoms with Gasteiger partial charge in [-0.15, -0.1) is 0 Å². The number of carbonyl (C=O) groups excluding carboxylic acids is 1. The van der Waals surface area contributed by atoms with E-state index in [1.54, 1.807) is 0 Å². The van der Waals surface area contributed by atoms with Crippen LogP contribution in [0.2, 0.25) is 0 Å². The molecule has 21 heavy (non-hydrogen) atoms. The molecule has 0 unspecified atom stereocenters. The first-order valence-electron chi connectivity index (χ1n) is 9.13. The minimum absolute atomic E-state index is 0.290. The SMILES string of the molecule is C[C@]12CCCC[C@@H]1CC[C@@H]1[C@@H]2CC[C@]2(C)[C@@H](I)C(=O)C[C@@H]12. The van der Waals surface area contributed by atoms with E-state index < -0.39 is 0 Å². The third kappa shape index (κ3) is 1.96. The zero-order valence-electron chi connectivity index (χ0n) is 13.5. The highest BCUT2D eigenvalue weighted by Gasteiger charge is 2.61. The highest BCUT2D eigenvalue weighted by Crippen LogP contribution is 2.66. The van der Waals surface area contributed by atoms with Crippen LogP contribution in [0.25, 0.3) is 0 Å². The maximum Gasteiger partial charge on any atom is 0.146 e. The molecule has 0 spiro atoms. The third-order valence-electron chi connectivity index (χ3n) is 8.30. The fourth-order valence-corrected chi connectivity index (χ4v) is 8.06. The lowest BCUT2D eigenvalue weighted by Crippen LogP contribution is -2.52. The van der Waals surface area contributed by atoms with Crippen molar-refractivity contribution in [1.29, 1.82) is 0 Å². The Morgan fingerprint density at radius 2 is 1.76 bits per heavy atom. The fourth-order valence-electron chi connectivity index (χ4n) is 7.03. The summed E-state index contributed by atoms with van der Waals surface area (Å²) in [5, 5.41) is 0. The number of halogens is 1. The molecule has 1 nitrogen and oxygen atoms in total. The van der Waals surface area contributed by atoms with Gasteiger partial charge in [0.15, 0.2) is 0 Å². The monoisotopic (exact) mass is 400 g/mol. The predicted octanol–water partition coefficient (Wildman–Crippen LogP) is 5.40. The maximum absolute atomic E-state index is 12.4. The Bertz CT molecular complexity index is 460. The number of alkyl halides is 1. The van der Waals surface area contributed by atoms with Crippen LogP contribution in [0.5, 0.6) is 0 Å². The van der Waals surface area contributed by atoms with Crippen molar-refractivity contribution in [1.82, 2.24) is 0 Å². The van der Waals surface area contributed by atoms with E-state index in [1.165, 1.54) is 51.4 Å². The van der Waals surface area contributed by atoms with Crippen LogP contribution in [0.4, 0.5) is 0 Å². The molecule has 4 aliphatic rings. The molecule has 0 bridgehead atoms. The van der Waals surface area contributed by atoms with Crippen LogP contribution in [0.1, 0.15) is 71.6 Å². The van der Waals surface area contributed by atoms with Crippen molar-refractivity contribution in [2.75, 3.05) is 0 Å². The molecule has 0 heterocycles. The number of carbonyl (C=O) groups is 1. The summed E-state index contributed by atoms with van der Waals surface area (Å²) in [5.41, 5.74) is 0.922. The summed E-state index contributed by atoms with van der Waals surface area (Å²) < 4.78 is 0.290. The van der Waals surface area contributed by atoms with Crippen molar-refractivity contribution < 1.29 is 4.79 Å². The van der Waals surface area contributed by atoms with Gasteiger partial charge in [0.2, 0.25) is 0 Å². The molecule has 0 saturated heterocycles. The zero-order chi connectivity index (χ0) is 14.8. The van der Waals surface area contributed by atoms with Crippen molar-refractivity contribution in [3.8, 4) is 0 Å². The predicted molar refractivity (Wildman–Crippen MR) is 94.5 cm³/mol. The van der Waals surface area contributed by atoms with Gasteiger partial charge in [-0.05, 0) is 73.0 Å². The van der Waals surface area contributed by atoms with Gasteiger partial charge in [-0.3, -0.25) is 4.79 Å². The normalized spacial score (nSPS) is 56.5. The van der Waals surface area contributed by atoms with E-state index >= 15 is 0 Å². The van der Waals surface area contributed by atoms with Crippen LogP contribution in [0.3, 0.4) is 0 Å². The van der Waals surface area contributed by atoms with Gasteiger partial charge in [0.25, 0.3) is 0 Å². The molecule has 4 aliphatic carbocycles. The van der Waals surface area contributed by atoms with Crippen molar-refractivity contribution in [2.24, 2.45) is 34.5 Å². The van der Waals surface area contributed by atoms with E-state index in [0.717, 1.165) is 24.2 Å². The summed E-state index contributed by atoms with van der Waals surface area (Å²) in [6, 6.07) is 0. The van der Waals surface area contributed by atoms with Gasteiger partial charge in [-0.2, -0.15) is 0 Å². The van der Waals surface area contributed by atoms with Crippen LogP contribution in [0, 0.1) is 34.5 Å². The second-order valence-corrected chi connectivity index (χ2v) is 10.2. The fraction of sp³-hybridized carbons (Fsp3) is 0.947. The first-order chi connectivity index (χ1) is 9.97. The van der Waals surface area contributed by atoms with E-state index in [1.807, 2.05) is 0 Å². The third-order valence-corrected chi connectivity index (χ3v) is 10.4. The smallest absolute Gasteiger partial charge is 0.146 e. The summed E-state index contributed by atoms with van der Waals surface area (Å²) >= 11 is 2.46. The van der Waals surface area contributed by atoms with Gasteiger partial charge in [-0.1, -0.05) is 49.3 Å². The molecule has 4 rings (SSSR count). The van der Waals surface area contributed by atoms with E-state index in [2.05, 4.69) is 36.4 Å². The van der Waals surface area contributed by atoms with Gasteiger partial charge in [0.05, 0.1) is 3.92 Å². The summed E-state index contributed by atoms with van der Waals surface area (Å²) in [4.78, 5) is 12.4. The molecule has 118 valence electrons. The molecule has 0 radical (unpaired) electrons. The second-order valence-electron chi connectivity index (χ2n) is 8.98. The van der Waals surface area contributed by atoms with Crippen molar-refractivity contribution >= 4 is 28.4 Å². The lowest BCUT2D eigenvalue weighted by Gasteiger charge is -2.60. The number of Topliss-reactive ketones (excluding diaryl/α,β-unsaturated/α-hetero) is 1. The largest absolute Gasteiger partial charge is 0.298 e. The molecular formula is C19H29IO. The summed E-state index contributed by atoms with van der Waals surface area (Å²) in [7, 11) is 0. The van der Waals surface area contributed by atoms with E-state index in [-0.39, 0.29) is 3.92 Å². The highest BCUT2D eigenvalue weighted by molar-refractivity contribution is 14.1. The van der Waals surface area contributed by atoms with E-state index in [9.17, 15) is 4.79 Å². The standard InChI is InChI=1S/C19H29IO/c1-18-9-4-3-5-12(18)6-7-13-14(18)8-10-19(2)15(13)11-16(21)17(19)20/h12-15,17H,3-11H2,1-2H3/t12-,13-,14+,15+,17+,18+,19+/m1/s1. The Morgan fingerprint density at radius 3 is 2.57 bits per heavy atom. The van der Waals surface area contributed by atoms with Gasteiger partial charge < -0.3 is 0 Å². The number of hydrogen-bond donors (Lipinski definition) is 0. The van der Waals surface area contributed by atoms with Crippen LogP contribution >= 0.6 is 22.6 Å². The van der Waals surface area contributed by atoms with Crippen molar-refractivity contribution in [3.05, 3.63) is 0 Å².